The highest BCUT2D eigenvalue weighted by atomic mass is 32.1. The van der Waals surface area contributed by atoms with E-state index in [1.54, 1.807) is 21.1 Å². The molecule has 25 heavy (non-hydrogen) atoms. The van der Waals surface area contributed by atoms with Crippen LogP contribution in [0.25, 0.3) is 0 Å². The summed E-state index contributed by atoms with van der Waals surface area (Å²) in [5, 5.41) is 14.4. The summed E-state index contributed by atoms with van der Waals surface area (Å²) >= 11 is 1.75. The molecule has 1 aliphatic heterocycles. The molecule has 0 aliphatic carbocycles. The first-order chi connectivity index (χ1) is 12.4. The van der Waals surface area contributed by atoms with Crippen molar-refractivity contribution in [3.05, 3.63) is 64.1 Å². The van der Waals surface area contributed by atoms with E-state index in [1.807, 2.05) is 4.68 Å². The number of aromatic nitrogens is 4. The van der Waals surface area contributed by atoms with Crippen LogP contribution in [0.15, 0.2) is 47.8 Å². The van der Waals surface area contributed by atoms with Crippen LogP contribution in [0.1, 0.15) is 16.3 Å². The van der Waals surface area contributed by atoms with Gasteiger partial charge >= 0.3 is 0 Å². The SMILES string of the molecule is c1ccc(C[NH+]2CC[NH+](Cc3nnnn3Cc3cccs3)CC2)cc1. The molecule has 0 atom stereocenters. The predicted molar refractivity (Wildman–Crippen MR) is 96.5 cm³/mol. The summed E-state index contributed by atoms with van der Waals surface area (Å²) in [4.78, 5) is 4.55. The highest BCUT2D eigenvalue weighted by Gasteiger charge is 2.25. The zero-order valence-corrected chi connectivity index (χ0v) is 15.1. The van der Waals surface area contributed by atoms with E-state index in [2.05, 4.69) is 63.4 Å². The molecule has 2 N–H and O–H groups in total. The molecule has 4 rings (SSSR count). The van der Waals surface area contributed by atoms with Crippen molar-refractivity contribution in [1.29, 1.82) is 0 Å². The van der Waals surface area contributed by atoms with E-state index in [0.717, 1.165) is 25.5 Å². The fraction of sp³-hybridized carbons (Fsp3) is 0.389. The van der Waals surface area contributed by atoms with E-state index in [0.29, 0.717) is 0 Å². The highest BCUT2D eigenvalue weighted by molar-refractivity contribution is 7.09. The van der Waals surface area contributed by atoms with E-state index in [-0.39, 0.29) is 0 Å². The van der Waals surface area contributed by atoms with Gasteiger partial charge in [0, 0.05) is 10.4 Å². The van der Waals surface area contributed by atoms with Crippen molar-refractivity contribution < 1.29 is 9.80 Å². The van der Waals surface area contributed by atoms with Gasteiger partial charge < -0.3 is 9.80 Å². The number of hydrogen-bond acceptors (Lipinski definition) is 4. The molecule has 3 aromatic rings. The Morgan fingerprint density at radius 1 is 0.920 bits per heavy atom. The molecule has 0 spiro atoms. The van der Waals surface area contributed by atoms with Gasteiger partial charge in [-0.25, -0.2) is 4.68 Å². The van der Waals surface area contributed by atoms with Crippen LogP contribution < -0.4 is 9.80 Å². The fourth-order valence-electron chi connectivity index (χ4n) is 3.44. The van der Waals surface area contributed by atoms with Crippen LogP contribution >= 0.6 is 11.3 Å². The van der Waals surface area contributed by atoms with Gasteiger partial charge in [-0.1, -0.05) is 36.4 Å². The second-order valence-electron chi connectivity index (χ2n) is 6.67. The second-order valence-corrected chi connectivity index (χ2v) is 7.70. The lowest BCUT2D eigenvalue weighted by Crippen LogP contribution is -3.27. The van der Waals surface area contributed by atoms with Crippen LogP contribution in [0.3, 0.4) is 0 Å². The molecule has 2 aromatic heterocycles. The van der Waals surface area contributed by atoms with E-state index >= 15 is 0 Å². The van der Waals surface area contributed by atoms with Crippen LogP contribution in [-0.2, 0) is 19.6 Å². The van der Waals surface area contributed by atoms with Crippen LogP contribution in [0.4, 0.5) is 0 Å². The van der Waals surface area contributed by atoms with Crippen molar-refractivity contribution in [3.63, 3.8) is 0 Å². The Labute approximate surface area is 151 Å². The van der Waals surface area contributed by atoms with Gasteiger partial charge in [-0.05, 0) is 21.9 Å². The Bertz CT molecular complexity index is 762. The number of benzene rings is 1. The maximum absolute atomic E-state index is 4.26. The van der Waals surface area contributed by atoms with Crippen LogP contribution in [0, 0.1) is 0 Å². The Kier molecular flexibility index (Phi) is 5.15. The van der Waals surface area contributed by atoms with Gasteiger partial charge in [0.15, 0.2) is 0 Å². The molecule has 0 bridgehead atoms. The minimum Gasteiger partial charge on any atom is -0.322 e. The summed E-state index contributed by atoms with van der Waals surface area (Å²) in [6, 6.07) is 15.0. The number of nitrogens with one attached hydrogen (secondary N) is 2. The number of rotatable bonds is 6. The van der Waals surface area contributed by atoms with Crippen molar-refractivity contribution in [2.75, 3.05) is 26.2 Å². The van der Waals surface area contributed by atoms with E-state index < -0.39 is 0 Å². The minimum absolute atomic E-state index is 0.776. The number of piperazine rings is 1. The first-order valence-electron chi connectivity index (χ1n) is 8.85. The normalized spacial score (nSPS) is 20.6. The lowest BCUT2D eigenvalue weighted by Gasteiger charge is -2.29. The zero-order chi connectivity index (χ0) is 16.9. The van der Waals surface area contributed by atoms with Crippen molar-refractivity contribution in [3.8, 4) is 0 Å². The van der Waals surface area contributed by atoms with E-state index in [4.69, 9.17) is 0 Å². The number of hydrogen-bond donors (Lipinski definition) is 2. The summed E-state index contributed by atoms with van der Waals surface area (Å²) in [6.45, 7) is 7.58. The topological polar surface area (TPSA) is 52.5 Å². The highest BCUT2D eigenvalue weighted by Crippen LogP contribution is 2.10. The molecule has 130 valence electrons. The Balaban J connectivity index is 1.30. The predicted octanol–water partition coefficient (Wildman–Crippen LogP) is -0.733. The molecule has 3 heterocycles. The van der Waals surface area contributed by atoms with Gasteiger partial charge in [-0.2, -0.15) is 0 Å². The largest absolute Gasteiger partial charge is 0.322 e. The molecule has 1 fully saturated rings. The van der Waals surface area contributed by atoms with Crippen LogP contribution in [0.2, 0.25) is 0 Å². The molecule has 0 saturated carbocycles. The second kappa shape index (κ2) is 7.86. The van der Waals surface area contributed by atoms with Crippen molar-refractivity contribution >= 4 is 11.3 Å². The van der Waals surface area contributed by atoms with Crippen LogP contribution in [0.5, 0.6) is 0 Å². The Hall–Kier alpha value is -2.09. The third-order valence-corrected chi connectivity index (χ3v) is 5.72. The average Bonchev–Trinajstić information content (AvgIpc) is 3.31. The molecular formula is C18H24N6S+2. The third kappa shape index (κ3) is 4.31. The van der Waals surface area contributed by atoms with Crippen molar-refractivity contribution in [2.45, 2.75) is 19.6 Å². The number of tetrazole rings is 1. The number of thiophene rings is 1. The number of quaternary nitrogens is 2. The van der Waals surface area contributed by atoms with E-state index in [9.17, 15) is 0 Å². The van der Waals surface area contributed by atoms with Gasteiger partial charge in [0.05, 0.1) is 6.54 Å². The van der Waals surface area contributed by atoms with Crippen LogP contribution in [-0.4, -0.2) is 46.4 Å². The summed E-state index contributed by atoms with van der Waals surface area (Å²) in [7, 11) is 0. The molecule has 0 unspecified atom stereocenters. The standard InChI is InChI=1S/C18H22N6S/c1-2-5-16(6-3-1)13-22-8-10-23(11-9-22)15-18-19-20-21-24(18)14-17-7-4-12-25-17/h1-7,12H,8-11,13-15H2/p+2. The molecule has 1 aliphatic rings. The monoisotopic (exact) mass is 356 g/mol. The first kappa shape index (κ1) is 16.4. The Morgan fingerprint density at radius 2 is 1.68 bits per heavy atom. The summed E-state index contributed by atoms with van der Waals surface area (Å²) < 4.78 is 1.95. The van der Waals surface area contributed by atoms with Gasteiger partial charge in [-0.15, -0.1) is 16.4 Å². The van der Waals surface area contributed by atoms with Gasteiger partial charge in [0.25, 0.3) is 0 Å². The fourth-order valence-corrected chi connectivity index (χ4v) is 4.13. The molecule has 7 heteroatoms. The lowest BCUT2D eigenvalue weighted by molar-refractivity contribution is -1.02. The summed E-state index contributed by atoms with van der Waals surface area (Å²) in [5.74, 6) is 0.995. The van der Waals surface area contributed by atoms with Gasteiger partial charge in [0.1, 0.15) is 39.3 Å². The number of nitrogens with zero attached hydrogens (tertiary/aromatic N) is 4. The van der Waals surface area contributed by atoms with E-state index in [1.165, 1.54) is 36.6 Å². The first-order valence-corrected chi connectivity index (χ1v) is 9.73. The maximum atomic E-state index is 4.26. The molecule has 1 saturated heterocycles. The molecule has 0 radical (unpaired) electrons. The van der Waals surface area contributed by atoms with Gasteiger partial charge in [-0.3, -0.25) is 0 Å². The van der Waals surface area contributed by atoms with Crippen molar-refractivity contribution in [1.82, 2.24) is 20.2 Å². The molecule has 6 nitrogen and oxygen atoms in total. The average molecular weight is 356 g/mol. The summed E-state index contributed by atoms with van der Waals surface area (Å²) in [6.07, 6.45) is 0. The van der Waals surface area contributed by atoms with Gasteiger partial charge in [0.2, 0.25) is 5.82 Å². The molecular weight excluding hydrogens is 332 g/mol. The summed E-state index contributed by atoms with van der Waals surface area (Å²) in [5.41, 5.74) is 1.43. The minimum atomic E-state index is 0.776. The molecule has 1 aromatic carbocycles. The lowest BCUT2D eigenvalue weighted by atomic mass is 10.2. The van der Waals surface area contributed by atoms with Crippen molar-refractivity contribution in [2.24, 2.45) is 0 Å². The molecule has 0 amide bonds. The third-order valence-electron chi connectivity index (χ3n) is 4.86. The quantitative estimate of drug-likeness (QED) is 0.612. The maximum Gasteiger partial charge on any atom is 0.206 e. The zero-order valence-electron chi connectivity index (χ0n) is 14.3. The Morgan fingerprint density at radius 3 is 2.40 bits per heavy atom. The smallest absolute Gasteiger partial charge is 0.206 e.